The van der Waals surface area contributed by atoms with Crippen LogP contribution in [0, 0.1) is 11.3 Å². The summed E-state index contributed by atoms with van der Waals surface area (Å²) >= 11 is 0. The third kappa shape index (κ3) is 4.46. The Labute approximate surface area is 199 Å². The molecule has 0 unspecified atom stereocenters. The molecule has 6 nitrogen and oxygen atoms in total. The fourth-order valence-corrected chi connectivity index (χ4v) is 4.04. The van der Waals surface area contributed by atoms with Crippen LogP contribution in [-0.2, 0) is 6.18 Å². The van der Waals surface area contributed by atoms with E-state index in [1.54, 1.807) is 43.3 Å². The van der Waals surface area contributed by atoms with Crippen LogP contribution in [0.5, 0.6) is 0 Å². The molecule has 176 valence electrons. The minimum absolute atomic E-state index is 0.0402. The number of nitrogens with two attached hydrogens (primary N) is 1. The van der Waals surface area contributed by atoms with E-state index in [0.29, 0.717) is 22.4 Å². The third-order valence-corrected chi connectivity index (χ3v) is 5.79. The number of alkyl halides is 3. The van der Waals surface area contributed by atoms with Crippen molar-refractivity contribution < 1.29 is 22.8 Å². The molecule has 3 aromatic rings. The van der Waals surface area contributed by atoms with Crippen molar-refractivity contribution in [1.82, 2.24) is 4.90 Å². The van der Waals surface area contributed by atoms with Gasteiger partial charge >= 0.3 is 18.2 Å². The zero-order chi connectivity index (χ0) is 25.3. The van der Waals surface area contributed by atoms with E-state index in [9.17, 15) is 22.8 Å². The number of carbonyl (C=O) groups excluding carboxylic acids is 2. The van der Waals surface area contributed by atoms with Gasteiger partial charge in [0.25, 0.3) is 0 Å². The smallest absolute Gasteiger partial charge is 0.351 e. The van der Waals surface area contributed by atoms with Gasteiger partial charge in [-0.3, -0.25) is 4.90 Å². The second-order valence-electron chi connectivity index (χ2n) is 7.89. The summed E-state index contributed by atoms with van der Waals surface area (Å²) in [4.78, 5) is 27.1. The number of primary amides is 1. The number of allylic oxidation sites excluding steroid dienone is 1. The van der Waals surface area contributed by atoms with Gasteiger partial charge in [0, 0.05) is 5.70 Å². The summed E-state index contributed by atoms with van der Waals surface area (Å²) in [6, 6.07) is 18.7. The summed E-state index contributed by atoms with van der Waals surface area (Å²) in [5.74, 6) is 0. The van der Waals surface area contributed by atoms with Crippen molar-refractivity contribution in [2.24, 2.45) is 5.73 Å². The Morgan fingerprint density at radius 3 is 2.26 bits per heavy atom. The number of carbonyl (C=O) groups is 2. The summed E-state index contributed by atoms with van der Waals surface area (Å²) < 4.78 is 40.1. The highest BCUT2D eigenvalue weighted by molar-refractivity contribution is 6.08. The average molecular weight is 476 g/mol. The van der Waals surface area contributed by atoms with Crippen molar-refractivity contribution in [3.05, 3.63) is 95.2 Å². The van der Waals surface area contributed by atoms with Crippen LogP contribution in [0.25, 0.3) is 16.7 Å². The minimum Gasteiger partial charge on any atom is -0.351 e. The fraction of sp³-hybridized carbons (Fsp3) is 0.115. The average Bonchev–Trinajstić information content (AvgIpc) is 2.84. The lowest BCUT2D eigenvalue weighted by atomic mass is 9.91. The molecule has 2 N–H and O–H groups in total. The lowest BCUT2D eigenvalue weighted by Gasteiger charge is -2.36. The van der Waals surface area contributed by atoms with Crippen molar-refractivity contribution >= 4 is 23.3 Å². The third-order valence-electron chi connectivity index (χ3n) is 5.79. The van der Waals surface area contributed by atoms with Crippen molar-refractivity contribution in [2.45, 2.75) is 13.1 Å². The Kier molecular flexibility index (Phi) is 6.05. The molecule has 4 rings (SSSR count). The summed E-state index contributed by atoms with van der Waals surface area (Å²) in [6.07, 6.45) is -4.61. The Balaban J connectivity index is 1.91. The minimum atomic E-state index is -4.61. The Morgan fingerprint density at radius 2 is 1.66 bits per heavy atom. The first kappa shape index (κ1) is 23.6. The predicted octanol–water partition coefficient (Wildman–Crippen LogP) is 6.00. The number of urea groups is 2. The molecular formula is C26H19F3N4O2. The molecule has 3 aromatic carbocycles. The second-order valence-corrected chi connectivity index (χ2v) is 7.89. The van der Waals surface area contributed by atoms with Crippen LogP contribution in [-0.4, -0.2) is 23.5 Å². The monoisotopic (exact) mass is 476 g/mol. The zero-order valence-electron chi connectivity index (χ0n) is 18.5. The SMILES string of the molecule is CC1=C(c2ccccc2-c2ccc(C#N)cc2)CN(C(N)=O)C(=O)N1c1cccc(C(F)(F)F)c1. The van der Waals surface area contributed by atoms with Crippen LogP contribution < -0.4 is 10.6 Å². The van der Waals surface area contributed by atoms with Crippen LogP contribution in [0.3, 0.4) is 0 Å². The largest absolute Gasteiger partial charge is 0.416 e. The number of nitriles is 1. The molecule has 0 spiro atoms. The first-order chi connectivity index (χ1) is 16.6. The van der Waals surface area contributed by atoms with Gasteiger partial charge in [0.15, 0.2) is 0 Å². The molecule has 0 aliphatic carbocycles. The highest BCUT2D eigenvalue weighted by Crippen LogP contribution is 2.38. The maximum atomic E-state index is 13.4. The van der Waals surface area contributed by atoms with Gasteiger partial charge in [0.2, 0.25) is 0 Å². The second kappa shape index (κ2) is 8.99. The molecule has 0 saturated carbocycles. The molecule has 0 bridgehead atoms. The summed E-state index contributed by atoms with van der Waals surface area (Å²) in [5.41, 5.74) is 8.12. The summed E-state index contributed by atoms with van der Waals surface area (Å²) in [7, 11) is 0. The van der Waals surface area contributed by atoms with Crippen LogP contribution in [0.4, 0.5) is 28.4 Å². The van der Waals surface area contributed by atoms with E-state index in [-0.39, 0.29) is 12.2 Å². The summed E-state index contributed by atoms with van der Waals surface area (Å²) in [5, 5.41) is 9.09. The Bertz CT molecular complexity index is 1390. The fourth-order valence-electron chi connectivity index (χ4n) is 4.04. The topological polar surface area (TPSA) is 90.4 Å². The van der Waals surface area contributed by atoms with Crippen LogP contribution in [0.1, 0.15) is 23.6 Å². The highest BCUT2D eigenvalue weighted by atomic mass is 19.4. The van der Waals surface area contributed by atoms with E-state index in [2.05, 4.69) is 6.07 Å². The van der Waals surface area contributed by atoms with E-state index in [4.69, 9.17) is 11.0 Å². The van der Waals surface area contributed by atoms with Gasteiger partial charge in [-0.15, -0.1) is 0 Å². The van der Waals surface area contributed by atoms with Gasteiger partial charge in [-0.1, -0.05) is 42.5 Å². The lowest BCUT2D eigenvalue weighted by Crippen LogP contribution is -2.52. The molecule has 0 saturated heterocycles. The van der Waals surface area contributed by atoms with E-state index < -0.39 is 23.8 Å². The molecule has 9 heteroatoms. The van der Waals surface area contributed by atoms with Crippen molar-refractivity contribution in [1.29, 1.82) is 5.26 Å². The predicted molar refractivity (Wildman–Crippen MR) is 125 cm³/mol. The Hall–Kier alpha value is -4.58. The van der Waals surface area contributed by atoms with E-state index >= 15 is 0 Å². The van der Waals surface area contributed by atoms with Crippen molar-refractivity contribution in [3.63, 3.8) is 0 Å². The lowest BCUT2D eigenvalue weighted by molar-refractivity contribution is -0.137. The molecule has 35 heavy (non-hydrogen) atoms. The standard InChI is InChI=1S/C26H19F3N4O2/c1-16-23(22-8-3-2-7-21(22)18-11-9-17(14-30)10-12-18)15-32(24(31)34)25(35)33(16)20-6-4-5-19(13-20)26(27,28)29/h2-13H,15H2,1H3,(H2,31,34). The van der Waals surface area contributed by atoms with E-state index in [1.165, 1.54) is 12.1 Å². The number of benzene rings is 3. The van der Waals surface area contributed by atoms with E-state index in [0.717, 1.165) is 33.1 Å². The molecule has 0 atom stereocenters. The van der Waals surface area contributed by atoms with Crippen LogP contribution >= 0.6 is 0 Å². The first-order valence-electron chi connectivity index (χ1n) is 10.5. The molecule has 0 fully saturated rings. The maximum absolute atomic E-state index is 13.4. The normalized spacial score (nSPS) is 14.2. The van der Waals surface area contributed by atoms with Crippen LogP contribution in [0.2, 0.25) is 0 Å². The summed E-state index contributed by atoms with van der Waals surface area (Å²) in [6.45, 7) is 1.46. The van der Waals surface area contributed by atoms with Gasteiger partial charge < -0.3 is 5.73 Å². The number of halogens is 3. The van der Waals surface area contributed by atoms with Gasteiger partial charge in [-0.2, -0.15) is 18.4 Å². The van der Waals surface area contributed by atoms with Crippen molar-refractivity contribution in [2.75, 3.05) is 11.4 Å². The van der Waals surface area contributed by atoms with Gasteiger partial charge in [0.05, 0.1) is 29.4 Å². The number of hydrogen-bond donors (Lipinski definition) is 1. The molecule has 1 aliphatic rings. The number of anilines is 1. The van der Waals surface area contributed by atoms with Gasteiger partial charge in [-0.25, -0.2) is 14.5 Å². The highest BCUT2D eigenvalue weighted by Gasteiger charge is 2.37. The zero-order valence-corrected chi connectivity index (χ0v) is 18.5. The number of rotatable bonds is 3. The van der Waals surface area contributed by atoms with Crippen LogP contribution in [0.15, 0.2) is 78.5 Å². The van der Waals surface area contributed by atoms with Gasteiger partial charge in [-0.05, 0) is 59.5 Å². The molecule has 0 radical (unpaired) electrons. The quantitative estimate of drug-likeness (QED) is 0.503. The molecule has 1 aliphatic heterocycles. The Morgan fingerprint density at radius 1 is 1.00 bits per heavy atom. The van der Waals surface area contributed by atoms with Gasteiger partial charge in [0.1, 0.15) is 0 Å². The molecule has 4 amide bonds. The molecule has 0 aromatic heterocycles. The number of imide groups is 1. The van der Waals surface area contributed by atoms with Crippen molar-refractivity contribution in [3.8, 4) is 17.2 Å². The first-order valence-corrected chi connectivity index (χ1v) is 10.5. The maximum Gasteiger partial charge on any atom is 0.416 e. The number of nitrogens with zero attached hydrogens (tertiary/aromatic N) is 3. The number of amides is 4. The molecular weight excluding hydrogens is 457 g/mol. The van der Waals surface area contributed by atoms with E-state index in [1.807, 2.05) is 12.1 Å². The molecule has 1 heterocycles. The number of hydrogen-bond acceptors (Lipinski definition) is 3.